The molecule has 1 unspecified atom stereocenters. The van der Waals surface area contributed by atoms with Crippen LogP contribution in [0, 0.1) is 0 Å². The summed E-state index contributed by atoms with van der Waals surface area (Å²) in [5, 5.41) is 9.37. The monoisotopic (exact) mass is 212 g/mol. The van der Waals surface area contributed by atoms with Crippen LogP contribution < -0.4 is 0 Å². The fraction of sp³-hybridized carbons (Fsp3) is 0.500. The van der Waals surface area contributed by atoms with Crippen molar-refractivity contribution in [3.05, 3.63) is 35.9 Å². The van der Waals surface area contributed by atoms with Gasteiger partial charge in [-0.25, -0.2) is 4.39 Å². The minimum Gasteiger partial charge on any atom is -0.387 e. The molecule has 0 spiro atoms. The van der Waals surface area contributed by atoms with E-state index < -0.39 is 12.3 Å². The lowest BCUT2D eigenvalue weighted by Gasteiger charge is -2.18. The van der Waals surface area contributed by atoms with E-state index in [1.165, 1.54) is 6.92 Å². The predicted octanol–water partition coefficient (Wildman–Crippen LogP) is 2.31. The van der Waals surface area contributed by atoms with Crippen LogP contribution in [0.5, 0.6) is 0 Å². The van der Waals surface area contributed by atoms with Crippen LogP contribution in [0.2, 0.25) is 0 Å². The molecule has 0 aliphatic heterocycles. The molecule has 0 saturated carbocycles. The largest absolute Gasteiger partial charge is 0.387 e. The first-order chi connectivity index (χ1) is 7.14. The van der Waals surface area contributed by atoms with Gasteiger partial charge in [-0.05, 0) is 12.5 Å². The van der Waals surface area contributed by atoms with Crippen molar-refractivity contribution >= 4 is 0 Å². The maximum atomic E-state index is 12.2. The number of hydrogen-bond donors (Lipinski definition) is 1. The maximum Gasteiger partial charge on any atom is 0.118 e. The van der Waals surface area contributed by atoms with Crippen molar-refractivity contribution in [2.45, 2.75) is 25.6 Å². The van der Waals surface area contributed by atoms with Crippen LogP contribution in [0.15, 0.2) is 30.3 Å². The summed E-state index contributed by atoms with van der Waals surface area (Å²) in [6.45, 7) is 1.61. The van der Waals surface area contributed by atoms with Gasteiger partial charge in [0.25, 0.3) is 0 Å². The number of ether oxygens (including phenoxy) is 1. The van der Waals surface area contributed by atoms with Crippen molar-refractivity contribution in [3.8, 4) is 0 Å². The number of halogens is 1. The fourth-order valence-electron chi connectivity index (χ4n) is 1.12. The molecule has 0 heterocycles. The summed E-state index contributed by atoms with van der Waals surface area (Å²) in [5.74, 6) is 0. The zero-order chi connectivity index (χ0) is 11.1. The summed E-state index contributed by atoms with van der Waals surface area (Å²) < 4.78 is 17.5. The van der Waals surface area contributed by atoms with E-state index in [4.69, 9.17) is 4.74 Å². The third kappa shape index (κ3) is 4.91. The highest BCUT2D eigenvalue weighted by Crippen LogP contribution is 2.10. The van der Waals surface area contributed by atoms with Gasteiger partial charge in [-0.2, -0.15) is 0 Å². The highest BCUT2D eigenvalue weighted by molar-refractivity contribution is 5.13. The summed E-state index contributed by atoms with van der Waals surface area (Å²) in [7, 11) is 0. The summed E-state index contributed by atoms with van der Waals surface area (Å²) in [5.41, 5.74) is -0.172. The van der Waals surface area contributed by atoms with Gasteiger partial charge in [-0.15, -0.1) is 0 Å². The van der Waals surface area contributed by atoms with Gasteiger partial charge < -0.3 is 9.84 Å². The van der Waals surface area contributed by atoms with Gasteiger partial charge in [0.2, 0.25) is 0 Å². The molecule has 0 aromatic heterocycles. The second-order valence-electron chi connectivity index (χ2n) is 3.92. The average molecular weight is 212 g/mol. The topological polar surface area (TPSA) is 29.5 Å². The predicted molar refractivity (Wildman–Crippen MR) is 57.3 cm³/mol. The second kappa shape index (κ2) is 5.83. The van der Waals surface area contributed by atoms with E-state index in [1.807, 2.05) is 30.3 Å². The molecule has 0 radical (unpaired) electrons. The van der Waals surface area contributed by atoms with Crippen molar-refractivity contribution < 1.29 is 14.2 Å². The number of rotatable bonds is 6. The Morgan fingerprint density at radius 3 is 2.60 bits per heavy atom. The van der Waals surface area contributed by atoms with Gasteiger partial charge in [0.05, 0.1) is 12.2 Å². The lowest BCUT2D eigenvalue weighted by molar-refractivity contribution is -0.00658. The summed E-state index contributed by atoms with van der Waals surface area (Å²) in [6, 6.07) is 9.75. The van der Waals surface area contributed by atoms with E-state index in [-0.39, 0.29) is 0 Å². The van der Waals surface area contributed by atoms with Gasteiger partial charge >= 0.3 is 0 Å². The molecule has 0 amide bonds. The molecule has 0 bridgehead atoms. The Hall–Kier alpha value is -0.930. The van der Waals surface area contributed by atoms with Crippen LogP contribution >= 0.6 is 0 Å². The second-order valence-corrected chi connectivity index (χ2v) is 3.92. The SMILES string of the molecule is CC(O)(CF)CCOCc1ccccc1. The quantitative estimate of drug-likeness (QED) is 0.733. The molecule has 0 saturated heterocycles. The lowest BCUT2D eigenvalue weighted by atomic mass is 10.1. The zero-order valence-electron chi connectivity index (χ0n) is 8.95. The van der Waals surface area contributed by atoms with E-state index in [2.05, 4.69) is 0 Å². The van der Waals surface area contributed by atoms with Crippen LogP contribution in [0.3, 0.4) is 0 Å². The van der Waals surface area contributed by atoms with Crippen molar-refractivity contribution in [2.24, 2.45) is 0 Å². The minimum atomic E-state index is -1.25. The van der Waals surface area contributed by atoms with Crippen molar-refractivity contribution in [1.82, 2.24) is 0 Å². The van der Waals surface area contributed by atoms with Crippen LogP contribution in [-0.2, 0) is 11.3 Å². The molecule has 1 atom stereocenters. The molecular weight excluding hydrogens is 195 g/mol. The molecule has 3 heteroatoms. The van der Waals surface area contributed by atoms with Crippen LogP contribution in [0.4, 0.5) is 4.39 Å². The lowest BCUT2D eigenvalue weighted by Crippen LogP contribution is -2.28. The van der Waals surface area contributed by atoms with Gasteiger partial charge in [0.15, 0.2) is 0 Å². The van der Waals surface area contributed by atoms with Crippen molar-refractivity contribution in [3.63, 3.8) is 0 Å². The molecule has 84 valence electrons. The van der Waals surface area contributed by atoms with E-state index in [1.54, 1.807) is 0 Å². The Labute approximate surface area is 89.7 Å². The number of benzene rings is 1. The minimum absolute atomic E-state index is 0.316. The molecule has 0 aliphatic carbocycles. The Balaban J connectivity index is 2.18. The standard InChI is InChI=1S/C12H17FO2/c1-12(14,10-13)7-8-15-9-11-5-3-2-4-6-11/h2-6,14H,7-10H2,1H3. The summed E-state index contributed by atoms with van der Waals surface area (Å²) in [4.78, 5) is 0. The van der Waals surface area contributed by atoms with Gasteiger partial charge in [0, 0.05) is 13.0 Å². The zero-order valence-corrected chi connectivity index (χ0v) is 8.95. The van der Waals surface area contributed by atoms with E-state index in [9.17, 15) is 9.50 Å². The molecule has 1 aromatic carbocycles. The van der Waals surface area contributed by atoms with E-state index >= 15 is 0 Å². The highest BCUT2D eigenvalue weighted by atomic mass is 19.1. The molecule has 1 rings (SSSR count). The van der Waals surface area contributed by atoms with E-state index in [0.29, 0.717) is 19.6 Å². The fourth-order valence-corrected chi connectivity index (χ4v) is 1.12. The normalized spacial score (nSPS) is 14.9. The Kier molecular flexibility index (Phi) is 4.72. The molecule has 0 aliphatic rings. The van der Waals surface area contributed by atoms with Crippen molar-refractivity contribution in [2.75, 3.05) is 13.3 Å². The molecule has 1 aromatic rings. The molecule has 2 nitrogen and oxygen atoms in total. The first-order valence-electron chi connectivity index (χ1n) is 5.04. The first kappa shape index (κ1) is 12.1. The third-order valence-electron chi connectivity index (χ3n) is 2.18. The molecule has 0 fully saturated rings. The van der Waals surface area contributed by atoms with Crippen LogP contribution in [-0.4, -0.2) is 24.0 Å². The Morgan fingerprint density at radius 1 is 1.33 bits per heavy atom. The van der Waals surface area contributed by atoms with Gasteiger partial charge in [-0.1, -0.05) is 30.3 Å². The number of aliphatic hydroxyl groups is 1. The smallest absolute Gasteiger partial charge is 0.118 e. The maximum absolute atomic E-state index is 12.2. The van der Waals surface area contributed by atoms with E-state index in [0.717, 1.165) is 5.56 Å². The molecule has 15 heavy (non-hydrogen) atoms. The number of hydrogen-bond acceptors (Lipinski definition) is 2. The number of alkyl halides is 1. The van der Waals surface area contributed by atoms with Crippen LogP contribution in [0.1, 0.15) is 18.9 Å². The summed E-state index contributed by atoms with van der Waals surface area (Å²) in [6.07, 6.45) is 0.316. The van der Waals surface area contributed by atoms with Gasteiger partial charge in [0.1, 0.15) is 6.67 Å². The molecule has 1 N–H and O–H groups in total. The first-order valence-corrected chi connectivity index (χ1v) is 5.04. The van der Waals surface area contributed by atoms with Crippen LogP contribution in [0.25, 0.3) is 0 Å². The summed E-state index contributed by atoms with van der Waals surface area (Å²) >= 11 is 0. The van der Waals surface area contributed by atoms with Crippen molar-refractivity contribution in [1.29, 1.82) is 0 Å². The third-order valence-corrected chi connectivity index (χ3v) is 2.18. The highest BCUT2D eigenvalue weighted by Gasteiger charge is 2.19. The van der Waals surface area contributed by atoms with Gasteiger partial charge in [-0.3, -0.25) is 0 Å². The average Bonchev–Trinajstić information content (AvgIpc) is 2.26. The Morgan fingerprint density at radius 2 is 2.00 bits per heavy atom. The Bertz CT molecular complexity index is 272. The molecular formula is C12H17FO2.